The highest BCUT2D eigenvalue weighted by Crippen LogP contribution is 2.27. The van der Waals surface area contributed by atoms with E-state index in [1.807, 2.05) is 37.3 Å². The standard InChI is InChI=1S/C26H33Cl2N3O4S/c1-3-24(26(33)29-22-11-7-8-12-22)30(14-13-19-9-5-4-6-10-19)25(32)18-31(36(2,34)35)23-16-20(27)15-21(28)17-23/h4-6,9-10,15-17,22,24H,3,7-8,11-14,18H2,1-2H3,(H,29,33). The van der Waals surface area contributed by atoms with Crippen LogP contribution in [0.4, 0.5) is 5.69 Å². The molecule has 1 aliphatic rings. The molecule has 2 aromatic carbocycles. The molecule has 1 aliphatic carbocycles. The quantitative estimate of drug-likeness (QED) is 0.438. The minimum absolute atomic E-state index is 0.110. The van der Waals surface area contributed by atoms with E-state index in [1.54, 1.807) is 0 Å². The summed E-state index contributed by atoms with van der Waals surface area (Å²) >= 11 is 12.2. The van der Waals surface area contributed by atoms with Crippen LogP contribution in [-0.2, 0) is 26.0 Å². The van der Waals surface area contributed by atoms with Gasteiger partial charge in [-0.25, -0.2) is 8.42 Å². The number of halogens is 2. The molecule has 0 radical (unpaired) electrons. The molecule has 1 saturated carbocycles. The maximum absolute atomic E-state index is 13.7. The Hall–Kier alpha value is -2.29. The van der Waals surface area contributed by atoms with Crippen molar-refractivity contribution in [2.45, 2.75) is 57.5 Å². The number of rotatable bonds is 11. The monoisotopic (exact) mass is 553 g/mol. The summed E-state index contributed by atoms with van der Waals surface area (Å²) in [4.78, 5) is 28.4. The first-order valence-corrected chi connectivity index (χ1v) is 14.8. The van der Waals surface area contributed by atoms with Crippen molar-refractivity contribution in [3.63, 3.8) is 0 Å². The van der Waals surface area contributed by atoms with Crippen LogP contribution >= 0.6 is 23.2 Å². The number of anilines is 1. The van der Waals surface area contributed by atoms with Gasteiger partial charge in [0.25, 0.3) is 0 Å². The summed E-state index contributed by atoms with van der Waals surface area (Å²) in [5.74, 6) is -0.677. The molecule has 1 atom stereocenters. The topological polar surface area (TPSA) is 86.8 Å². The third-order valence-electron chi connectivity index (χ3n) is 6.39. The second-order valence-corrected chi connectivity index (χ2v) is 11.9. The van der Waals surface area contributed by atoms with Crippen molar-refractivity contribution in [1.29, 1.82) is 0 Å². The van der Waals surface area contributed by atoms with Gasteiger partial charge in [0.1, 0.15) is 12.6 Å². The van der Waals surface area contributed by atoms with Gasteiger partial charge in [0, 0.05) is 22.6 Å². The second kappa shape index (κ2) is 12.8. The molecule has 7 nitrogen and oxygen atoms in total. The number of hydrogen-bond donors (Lipinski definition) is 1. The number of amides is 2. The fourth-order valence-corrected chi connectivity index (χ4v) is 5.91. The molecule has 0 aliphatic heterocycles. The third-order valence-corrected chi connectivity index (χ3v) is 7.96. The molecule has 0 aromatic heterocycles. The van der Waals surface area contributed by atoms with Gasteiger partial charge < -0.3 is 10.2 Å². The Morgan fingerprint density at radius 3 is 2.22 bits per heavy atom. The van der Waals surface area contributed by atoms with Gasteiger partial charge in [-0.1, -0.05) is 73.3 Å². The van der Waals surface area contributed by atoms with Gasteiger partial charge in [-0.05, 0) is 49.4 Å². The highest BCUT2D eigenvalue weighted by atomic mass is 35.5. The Morgan fingerprint density at radius 1 is 1.06 bits per heavy atom. The van der Waals surface area contributed by atoms with Crippen molar-refractivity contribution in [2.75, 3.05) is 23.7 Å². The number of nitrogens with one attached hydrogen (secondary N) is 1. The molecular formula is C26H33Cl2N3O4S. The summed E-state index contributed by atoms with van der Waals surface area (Å²) in [6, 6.07) is 13.4. The minimum Gasteiger partial charge on any atom is -0.352 e. The SMILES string of the molecule is CCC(C(=O)NC1CCCC1)N(CCc1ccccc1)C(=O)CN(c1cc(Cl)cc(Cl)c1)S(C)(=O)=O. The lowest BCUT2D eigenvalue weighted by molar-refractivity contribution is -0.139. The molecule has 0 bridgehead atoms. The van der Waals surface area contributed by atoms with E-state index in [2.05, 4.69) is 5.32 Å². The summed E-state index contributed by atoms with van der Waals surface area (Å²) in [5, 5.41) is 3.60. The van der Waals surface area contributed by atoms with Gasteiger partial charge in [0.05, 0.1) is 11.9 Å². The zero-order chi connectivity index (χ0) is 26.3. The molecular weight excluding hydrogens is 521 g/mol. The first-order valence-electron chi connectivity index (χ1n) is 12.2. The number of hydrogen-bond acceptors (Lipinski definition) is 4. The van der Waals surface area contributed by atoms with Crippen molar-refractivity contribution in [3.8, 4) is 0 Å². The van der Waals surface area contributed by atoms with Gasteiger partial charge in [-0.15, -0.1) is 0 Å². The molecule has 0 spiro atoms. The molecule has 196 valence electrons. The Labute approximate surface area is 223 Å². The summed E-state index contributed by atoms with van der Waals surface area (Å²) in [6.45, 7) is 1.65. The van der Waals surface area contributed by atoms with Gasteiger partial charge in [0.2, 0.25) is 21.8 Å². The second-order valence-electron chi connectivity index (χ2n) is 9.13. The summed E-state index contributed by atoms with van der Waals surface area (Å²) in [6.07, 6.45) is 5.96. The van der Waals surface area contributed by atoms with E-state index in [4.69, 9.17) is 23.2 Å². The normalized spacial score (nSPS) is 14.9. The van der Waals surface area contributed by atoms with Gasteiger partial charge in [0.15, 0.2) is 0 Å². The Bertz CT molecular complexity index is 1130. The van der Waals surface area contributed by atoms with Crippen LogP contribution < -0.4 is 9.62 Å². The molecule has 2 aromatic rings. The lowest BCUT2D eigenvalue weighted by Crippen LogP contribution is -2.54. The average molecular weight is 555 g/mol. The van der Waals surface area contributed by atoms with Crippen LogP contribution in [0.3, 0.4) is 0 Å². The van der Waals surface area contributed by atoms with Crippen LogP contribution in [0.1, 0.15) is 44.6 Å². The lowest BCUT2D eigenvalue weighted by atomic mass is 10.1. The molecule has 2 amide bonds. The summed E-state index contributed by atoms with van der Waals surface area (Å²) in [7, 11) is -3.85. The Balaban J connectivity index is 1.88. The average Bonchev–Trinajstić information content (AvgIpc) is 3.32. The van der Waals surface area contributed by atoms with Crippen molar-refractivity contribution < 1.29 is 18.0 Å². The van der Waals surface area contributed by atoms with E-state index in [1.165, 1.54) is 23.1 Å². The van der Waals surface area contributed by atoms with Crippen molar-refractivity contribution in [1.82, 2.24) is 10.2 Å². The molecule has 1 N–H and O–H groups in total. The molecule has 0 heterocycles. The van der Waals surface area contributed by atoms with Crippen LogP contribution in [0.5, 0.6) is 0 Å². The van der Waals surface area contributed by atoms with E-state index in [0.29, 0.717) is 12.8 Å². The number of carbonyl (C=O) groups excluding carboxylic acids is 2. The number of benzene rings is 2. The number of sulfonamides is 1. The largest absolute Gasteiger partial charge is 0.352 e. The third kappa shape index (κ3) is 7.85. The fraction of sp³-hybridized carbons (Fsp3) is 0.462. The molecule has 0 saturated heterocycles. The summed E-state index contributed by atoms with van der Waals surface area (Å²) in [5.41, 5.74) is 1.21. The van der Waals surface area contributed by atoms with Gasteiger partial charge >= 0.3 is 0 Å². The van der Waals surface area contributed by atoms with Crippen LogP contribution in [0.25, 0.3) is 0 Å². The smallest absolute Gasteiger partial charge is 0.244 e. The molecule has 10 heteroatoms. The van der Waals surface area contributed by atoms with E-state index in [0.717, 1.165) is 41.8 Å². The van der Waals surface area contributed by atoms with Crippen LogP contribution in [0.2, 0.25) is 10.0 Å². The van der Waals surface area contributed by atoms with Gasteiger partial charge in [-0.2, -0.15) is 0 Å². The predicted octanol–water partition coefficient (Wildman–Crippen LogP) is 4.67. The maximum atomic E-state index is 13.7. The lowest BCUT2D eigenvalue weighted by Gasteiger charge is -2.33. The molecule has 36 heavy (non-hydrogen) atoms. The maximum Gasteiger partial charge on any atom is 0.244 e. The minimum atomic E-state index is -3.85. The van der Waals surface area contributed by atoms with Crippen molar-refractivity contribution in [2.24, 2.45) is 0 Å². The van der Waals surface area contributed by atoms with E-state index in [-0.39, 0.29) is 34.2 Å². The van der Waals surface area contributed by atoms with Crippen LogP contribution in [0, 0.1) is 0 Å². The fourth-order valence-electron chi connectivity index (χ4n) is 4.56. The zero-order valence-corrected chi connectivity index (χ0v) is 23.0. The first kappa shape index (κ1) is 28.3. The van der Waals surface area contributed by atoms with Crippen LogP contribution in [0.15, 0.2) is 48.5 Å². The molecule has 3 rings (SSSR count). The zero-order valence-electron chi connectivity index (χ0n) is 20.6. The Kier molecular flexibility index (Phi) is 10.0. The van der Waals surface area contributed by atoms with Crippen LogP contribution in [-0.4, -0.2) is 56.6 Å². The number of carbonyl (C=O) groups is 2. The highest BCUT2D eigenvalue weighted by molar-refractivity contribution is 7.92. The van der Waals surface area contributed by atoms with Gasteiger partial charge in [-0.3, -0.25) is 13.9 Å². The van der Waals surface area contributed by atoms with E-state index >= 15 is 0 Å². The summed E-state index contributed by atoms with van der Waals surface area (Å²) < 4.78 is 26.3. The highest BCUT2D eigenvalue weighted by Gasteiger charge is 2.32. The van der Waals surface area contributed by atoms with E-state index in [9.17, 15) is 18.0 Å². The van der Waals surface area contributed by atoms with Crippen molar-refractivity contribution in [3.05, 3.63) is 64.1 Å². The van der Waals surface area contributed by atoms with Crippen molar-refractivity contribution >= 4 is 50.7 Å². The Morgan fingerprint density at radius 2 is 1.67 bits per heavy atom. The van der Waals surface area contributed by atoms with E-state index < -0.39 is 28.5 Å². The predicted molar refractivity (Wildman–Crippen MR) is 145 cm³/mol. The molecule has 1 fully saturated rings. The number of nitrogens with zero attached hydrogens (tertiary/aromatic N) is 2. The molecule has 1 unspecified atom stereocenters. The first-order chi connectivity index (χ1) is 17.1.